The van der Waals surface area contributed by atoms with Crippen LogP contribution in [0.4, 0.5) is 0 Å². The van der Waals surface area contributed by atoms with Crippen molar-refractivity contribution in [2.75, 3.05) is 39.5 Å². The molecule has 0 rings (SSSR count). The topological polar surface area (TPSA) is 60.9 Å². The molecule has 5 nitrogen and oxygen atoms in total. The summed E-state index contributed by atoms with van der Waals surface area (Å²) in [4.78, 5) is 2.16. The summed E-state index contributed by atoms with van der Waals surface area (Å²) in [6, 6.07) is 0.361. The Labute approximate surface area is 99.1 Å². The highest BCUT2D eigenvalue weighted by atomic mass is 32.2. The van der Waals surface area contributed by atoms with Crippen LogP contribution < -0.4 is 0 Å². The molecule has 0 heterocycles. The Hall–Kier alpha value is -0.170. The van der Waals surface area contributed by atoms with E-state index in [0.717, 1.165) is 13.0 Å². The van der Waals surface area contributed by atoms with Gasteiger partial charge in [-0.2, -0.15) is 0 Å². The molecule has 0 spiro atoms. The minimum Gasteiger partial charge on any atom is -0.396 e. The number of aliphatic hydroxyl groups is 1. The lowest BCUT2D eigenvalue weighted by Crippen LogP contribution is -2.39. The van der Waals surface area contributed by atoms with Gasteiger partial charge in [-0.1, -0.05) is 0 Å². The van der Waals surface area contributed by atoms with Crippen molar-refractivity contribution in [2.45, 2.75) is 26.3 Å². The Kier molecular flexibility index (Phi) is 7.14. The third kappa shape index (κ3) is 6.42. The van der Waals surface area contributed by atoms with Gasteiger partial charge < -0.3 is 5.11 Å². The highest BCUT2D eigenvalue weighted by Crippen LogP contribution is 2.01. The molecule has 0 radical (unpaired) electrons. The van der Waals surface area contributed by atoms with Crippen molar-refractivity contribution in [2.24, 2.45) is 0 Å². The van der Waals surface area contributed by atoms with Crippen molar-refractivity contribution < 1.29 is 13.5 Å². The summed E-state index contributed by atoms with van der Waals surface area (Å²) in [5.74, 6) is 0. The van der Waals surface area contributed by atoms with Gasteiger partial charge >= 0.3 is 0 Å². The highest BCUT2D eigenvalue weighted by Gasteiger charge is 2.14. The van der Waals surface area contributed by atoms with Crippen molar-refractivity contribution in [3.63, 3.8) is 0 Å². The maximum absolute atomic E-state index is 11.2. The SMILES string of the molecule is CC(C)N(CCCO)CCN(C)S(C)(=O)=O. The van der Waals surface area contributed by atoms with Gasteiger partial charge in [0.1, 0.15) is 0 Å². The van der Waals surface area contributed by atoms with Gasteiger partial charge in [-0.3, -0.25) is 4.90 Å². The fourth-order valence-corrected chi connectivity index (χ4v) is 1.75. The van der Waals surface area contributed by atoms with Crippen molar-refractivity contribution in [3.05, 3.63) is 0 Å². The van der Waals surface area contributed by atoms with Crippen molar-refractivity contribution in [1.29, 1.82) is 0 Å². The van der Waals surface area contributed by atoms with Crippen LogP contribution in [0.25, 0.3) is 0 Å². The second-order valence-electron chi connectivity index (χ2n) is 4.29. The second kappa shape index (κ2) is 7.21. The number of aliphatic hydroxyl groups excluding tert-OH is 1. The molecule has 0 atom stereocenters. The third-order valence-electron chi connectivity index (χ3n) is 2.60. The van der Waals surface area contributed by atoms with Crippen LogP contribution in [0, 0.1) is 0 Å². The Balaban J connectivity index is 4.12. The molecule has 0 bridgehead atoms. The zero-order valence-electron chi connectivity index (χ0n) is 10.7. The maximum Gasteiger partial charge on any atom is 0.210 e. The van der Waals surface area contributed by atoms with E-state index in [0.29, 0.717) is 19.1 Å². The zero-order valence-corrected chi connectivity index (χ0v) is 11.5. The molecule has 0 amide bonds. The van der Waals surface area contributed by atoms with Gasteiger partial charge in [0, 0.05) is 39.3 Å². The zero-order chi connectivity index (χ0) is 12.8. The summed E-state index contributed by atoms with van der Waals surface area (Å²) < 4.78 is 23.7. The summed E-state index contributed by atoms with van der Waals surface area (Å²) >= 11 is 0. The molecule has 0 aliphatic carbocycles. The minimum absolute atomic E-state index is 0.172. The number of likely N-dealkylation sites (N-methyl/N-ethyl adjacent to an activating group) is 1. The molecule has 1 N–H and O–H groups in total. The van der Waals surface area contributed by atoms with Gasteiger partial charge in [-0.25, -0.2) is 12.7 Å². The first-order chi connectivity index (χ1) is 7.29. The van der Waals surface area contributed by atoms with E-state index in [4.69, 9.17) is 5.11 Å². The number of hydrogen-bond donors (Lipinski definition) is 1. The number of hydrogen-bond acceptors (Lipinski definition) is 4. The first-order valence-electron chi connectivity index (χ1n) is 5.55. The lowest BCUT2D eigenvalue weighted by Gasteiger charge is -2.27. The van der Waals surface area contributed by atoms with Crippen LogP contribution in [0.3, 0.4) is 0 Å². The molecule has 0 aliphatic heterocycles. The lowest BCUT2D eigenvalue weighted by molar-refractivity contribution is 0.185. The van der Waals surface area contributed by atoms with Gasteiger partial charge in [0.2, 0.25) is 10.0 Å². The molecule has 0 aromatic heterocycles. The quantitative estimate of drug-likeness (QED) is 0.659. The molecule has 16 heavy (non-hydrogen) atoms. The molecule has 0 fully saturated rings. The van der Waals surface area contributed by atoms with Gasteiger partial charge in [0.15, 0.2) is 0 Å². The van der Waals surface area contributed by atoms with Crippen LogP contribution >= 0.6 is 0 Å². The van der Waals surface area contributed by atoms with Crippen LogP contribution in [0.5, 0.6) is 0 Å². The van der Waals surface area contributed by atoms with E-state index in [1.54, 1.807) is 7.05 Å². The fraction of sp³-hybridized carbons (Fsp3) is 1.00. The van der Waals surface area contributed by atoms with Gasteiger partial charge in [0.05, 0.1) is 6.26 Å². The Bertz CT molecular complexity index is 278. The molecule has 0 saturated carbocycles. The van der Waals surface area contributed by atoms with Crippen LogP contribution in [-0.2, 0) is 10.0 Å². The number of nitrogens with zero attached hydrogens (tertiary/aromatic N) is 2. The first kappa shape index (κ1) is 15.8. The van der Waals surface area contributed by atoms with E-state index in [1.807, 2.05) is 0 Å². The van der Waals surface area contributed by atoms with Crippen LogP contribution in [-0.4, -0.2) is 68.3 Å². The van der Waals surface area contributed by atoms with E-state index < -0.39 is 10.0 Å². The van der Waals surface area contributed by atoms with E-state index in [1.165, 1.54) is 10.6 Å². The van der Waals surface area contributed by atoms with Crippen LogP contribution in [0.1, 0.15) is 20.3 Å². The molecule has 0 unspecified atom stereocenters. The second-order valence-corrected chi connectivity index (χ2v) is 6.38. The summed E-state index contributed by atoms with van der Waals surface area (Å²) in [5, 5.41) is 8.77. The standard InChI is InChI=1S/C10H24N2O3S/c1-10(2)12(6-5-9-13)8-7-11(3)16(4,14)15/h10,13H,5-9H2,1-4H3. The summed E-state index contributed by atoms with van der Waals surface area (Å²) in [6.45, 7) is 6.29. The molecular formula is C10H24N2O3S. The third-order valence-corrected chi connectivity index (χ3v) is 3.92. The predicted molar refractivity (Wildman–Crippen MR) is 65.9 cm³/mol. The first-order valence-corrected chi connectivity index (χ1v) is 7.40. The van der Waals surface area contributed by atoms with E-state index >= 15 is 0 Å². The minimum atomic E-state index is -3.09. The summed E-state index contributed by atoms with van der Waals surface area (Å²) in [5.41, 5.74) is 0. The van der Waals surface area contributed by atoms with E-state index in [9.17, 15) is 8.42 Å². The normalized spacial score (nSPS) is 13.0. The fourth-order valence-electron chi connectivity index (χ4n) is 1.34. The number of rotatable bonds is 8. The summed E-state index contributed by atoms with van der Waals surface area (Å²) in [6.07, 6.45) is 1.93. The highest BCUT2D eigenvalue weighted by molar-refractivity contribution is 7.88. The largest absolute Gasteiger partial charge is 0.396 e. The predicted octanol–water partition coefficient (Wildman–Crippen LogP) is -0.0294. The Morgan fingerprint density at radius 1 is 1.19 bits per heavy atom. The average Bonchev–Trinajstić information content (AvgIpc) is 2.15. The van der Waals surface area contributed by atoms with E-state index in [2.05, 4.69) is 18.7 Å². The smallest absolute Gasteiger partial charge is 0.210 e. The Morgan fingerprint density at radius 2 is 1.75 bits per heavy atom. The van der Waals surface area contributed by atoms with Crippen LogP contribution in [0.2, 0.25) is 0 Å². The molecule has 0 aliphatic rings. The van der Waals surface area contributed by atoms with Crippen molar-refractivity contribution in [1.82, 2.24) is 9.21 Å². The maximum atomic E-state index is 11.2. The average molecular weight is 252 g/mol. The van der Waals surface area contributed by atoms with Crippen molar-refractivity contribution in [3.8, 4) is 0 Å². The molecule has 98 valence electrons. The summed E-state index contributed by atoms with van der Waals surface area (Å²) in [7, 11) is -1.50. The number of sulfonamides is 1. The van der Waals surface area contributed by atoms with Gasteiger partial charge in [-0.05, 0) is 20.3 Å². The molecule has 6 heteroatoms. The van der Waals surface area contributed by atoms with Crippen molar-refractivity contribution >= 4 is 10.0 Å². The van der Waals surface area contributed by atoms with Gasteiger partial charge in [-0.15, -0.1) is 0 Å². The monoisotopic (exact) mass is 252 g/mol. The van der Waals surface area contributed by atoms with Gasteiger partial charge in [0.25, 0.3) is 0 Å². The molecular weight excluding hydrogens is 228 g/mol. The Morgan fingerprint density at radius 3 is 2.12 bits per heavy atom. The molecule has 0 saturated heterocycles. The lowest BCUT2D eigenvalue weighted by atomic mass is 10.3. The van der Waals surface area contributed by atoms with Crippen LogP contribution in [0.15, 0.2) is 0 Å². The molecule has 0 aromatic rings. The van der Waals surface area contributed by atoms with E-state index in [-0.39, 0.29) is 6.61 Å². The molecule has 0 aromatic carbocycles.